The first kappa shape index (κ1) is 25.5. The molecular formula is C26H27NO8. The standard InChI is InChI=1S/C26H27NO8/c1-2-3-4-5-6-7-18-32-20-10-8-19(9-11-20)25(28)33-21-12-14-22(15-13-21)34-26(29)23-16-17-24(35-23)27(30)31/h8-17H,2-7,18H2,1H3. The highest BCUT2D eigenvalue weighted by Gasteiger charge is 2.19. The molecule has 1 heterocycles. The largest absolute Gasteiger partial charge is 0.494 e. The number of nitrogens with zero attached hydrogens (tertiary/aromatic N) is 1. The van der Waals surface area contributed by atoms with Crippen molar-refractivity contribution in [2.45, 2.75) is 45.4 Å². The van der Waals surface area contributed by atoms with E-state index in [1.807, 2.05) is 0 Å². The number of furan rings is 1. The minimum Gasteiger partial charge on any atom is -0.494 e. The third-order valence-electron chi connectivity index (χ3n) is 5.07. The van der Waals surface area contributed by atoms with Crippen LogP contribution < -0.4 is 14.2 Å². The molecule has 0 bridgehead atoms. The summed E-state index contributed by atoms with van der Waals surface area (Å²) in [6.45, 7) is 2.84. The van der Waals surface area contributed by atoms with Gasteiger partial charge in [0.05, 0.1) is 18.2 Å². The Bertz CT molecular complexity index is 1120. The Morgan fingerprint density at radius 2 is 1.34 bits per heavy atom. The Kier molecular flexibility index (Phi) is 9.41. The van der Waals surface area contributed by atoms with Crippen molar-refractivity contribution in [1.82, 2.24) is 0 Å². The zero-order chi connectivity index (χ0) is 25.0. The third kappa shape index (κ3) is 7.99. The number of benzene rings is 2. The van der Waals surface area contributed by atoms with Crippen LogP contribution in [-0.2, 0) is 0 Å². The van der Waals surface area contributed by atoms with Crippen LogP contribution in [0.4, 0.5) is 5.88 Å². The first-order chi connectivity index (χ1) is 17.0. The summed E-state index contributed by atoms with van der Waals surface area (Å²) in [5, 5.41) is 10.6. The molecule has 35 heavy (non-hydrogen) atoms. The lowest BCUT2D eigenvalue weighted by molar-refractivity contribution is -0.402. The number of carbonyl (C=O) groups is 2. The van der Waals surface area contributed by atoms with Crippen molar-refractivity contribution >= 4 is 17.8 Å². The molecule has 0 spiro atoms. The average molecular weight is 482 g/mol. The Morgan fingerprint density at radius 3 is 1.94 bits per heavy atom. The van der Waals surface area contributed by atoms with E-state index >= 15 is 0 Å². The zero-order valence-corrected chi connectivity index (χ0v) is 19.4. The summed E-state index contributed by atoms with van der Waals surface area (Å²) < 4.78 is 21.0. The van der Waals surface area contributed by atoms with Crippen LogP contribution in [0.25, 0.3) is 0 Å². The van der Waals surface area contributed by atoms with Gasteiger partial charge in [0.15, 0.2) is 0 Å². The van der Waals surface area contributed by atoms with Crippen LogP contribution in [0, 0.1) is 10.1 Å². The van der Waals surface area contributed by atoms with Crippen molar-refractivity contribution in [3.8, 4) is 17.2 Å². The van der Waals surface area contributed by atoms with Gasteiger partial charge in [-0.05, 0) is 61.0 Å². The van der Waals surface area contributed by atoms with Gasteiger partial charge < -0.3 is 18.6 Å². The van der Waals surface area contributed by atoms with Crippen molar-refractivity contribution in [3.05, 3.63) is 82.1 Å². The fourth-order valence-corrected chi connectivity index (χ4v) is 3.19. The molecule has 0 fully saturated rings. The van der Waals surface area contributed by atoms with E-state index in [1.54, 1.807) is 24.3 Å². The normalized spacial score (nSPS) is 10.5. The number of ether oxygens (including phenoxy) is 3. The summed E-state index contributed by atoms with van der Waals surface area (Å²) in [4.78, 5) is 34.3. The van der Waals surface area contributed by atoms with Crippen molar-refractivity contribution in [3.63, 3.8) is 0 Å². The number of nitro groups is 1. The lowest BCUT2D eigenvalue weighted by Crippen LogP contribution is -2.09. The molecule has 184 valence electrons. The van der Waals surface area contributed by atoms with Crippen molar-refractivity contribution in [2.24, 2.45) is 0 Å². The van der Waals surface area contributed by atoms with E-state index in [2.05, 4.69) is 6.92 Å². The molecule has 0 saturated heterocycles. The van der Waals surface area contributed by atoms with Gasteiger partial charge in [-0.15, -0.1) is 0 Å². The van der Waals surface area contributed by atoms with Gasteiger partial charge in [-0.25, -0.2) is 9.59 Å². The van der Waals surface area contributed by atoms with E-state index in [0.717, 1.165) is 25.0 Å². The summed E-state index contributed by atoms with van der Waals surface area (Å²) in [5.74, 6) is -1.18. The predicted octanol–water partition coefficient (Wildman–Crippen LogP) is 6.37. The van der Waals surface area contributed by atoms with Gasteiger partial charge in [-0.1, -0.05) is 39.0 Å². The molecule has 1 aromatic heterocycles. The maximum Gasteiger partial charge on any atom is 0.433 e. The second-order valence-corrected chi connectivity index (χ2v) is 7.79. The van der Waals surface area contributed by atoms with E-state index in [1.165, 1.54) is 49.9 Å². The number of rotatable bonds is 13. The molecule has 0 aliphatic heterocycles. The molecule has 0 N–H and O–H groups in total. The van der Waals surface area contributed by atoms with Crippen molar-refractivity contribution < 1.29 is 33.1 Å². The average Bonchev–Trinajstić information content (AvgIpc) is 3.36. The second kappa shape index (κ2) is 12.9. The number of carbonyl (C=O) groups excluding carboxylic acids is 2. The molecule has 0 amide bonds. The molecule has 3 rings (SSSR count). The molecule has 0 aliphatic rings. The van der Waals surface area contributed by atoms with Crippen LogP contribution in [0.3, 0.4) is 0 Å². The Labute approximate surface area is 202 Å². The monoisotopic (exact) mass is 481 g/mol. The van der Waals surface area contributed by atoms with Gasteiger partial charge in [0, 0.05) is 0 Å². The smallest absolute Gasteiger partial charge is 0.433 e. The topological polar surface area (TPSA) is 118 Å². The van der Waals surface area contributed by atoms with E-state index in [-0.39, 0.29) is 17.3 Å². The fourth-order valence-electron chi connectivity index (χ4n) is 3.19. The second-order valence-electron chi connectivity index (χ2n) is 7.79. The quantitative estimate of drug-likeness (QED) is 0.0909. The minimum absolute atomic E-state index is 0.153. The SMILES string of the molecule is CCCCCCCCOc1ccc(C(=O)Oc2ccc(OC(=O)c3ccc([N+](=O)[O-])o3)cc2)cc1. The number of hydrogen-bond acceptors (Lipinski definition) is 8. The van der Waals surface area contributed by atoms with Crippen molar-refractivity contribution in [1.29, 1.82) is 0 Å². The lowest BCUT2D eigenvalue weighted by Gasteiger charge is -2.08. The van der Waals surface area contributed by atoms with Crippen LogP contribution in [0.2, 0.25) is 0 Å². The molecule has 0 aliphatic carbocycles. The first-order valence-electron chi connectivity index (χ1n) is 11.5. The molecule has 0 atom stereocenters. The van der Waals surface area contributed by atoms with Gasteiger partial charge in [0.25, 0.3) is 0 Å². The highest BCUT2D eigenvalue weighted by Crippen LogP contribution is 2.22. The molecule has 0 radical (unpaired) electrons. The lowest BCUT2D eigenvalue weighted by atomic mass is 10.1. The van der Waals surface area contributed by atoms with Gasteiger partial charge in [0.2, 0.25) is 5.76 Å². The predicted molar refractivity (Wildman–Crippen MR) is 127 cm³/mol. The van der Waals surface area contributed by atoms with Crippen LogP contribution in [0.5, 0.6) is 17.2 Å². The molecule has 9 nitrogen and oxygen atoms in total. The van der Waals surface area contributed by atoms with E-state index < -0.39 is 22.7 Å². The maximum absolute atomic E-state index is 12.4. The summed E-state index contributed by atoms with van der Waals surface area (Å²) in [7, 11) is 0. The van der Waals surface area contributed by atoms with Crippen molar-refractivity contribution in [2.75, 3.05) is 6.61 Å². The van der Waals surface area contributed by atoms with Crippen LogP contribution in [0.15, 0.2) is 65.1 Å². The third-order valence-corrected chi connectivity index (χ3v) is 5.07. The van der Waals surface area contributed by atoms with Crippen LogP contribution in [-0.4, -0.2) is 23.5 Å². The number of hydrogen-bond donors (Lipinski definition) is 0. The van der Waals surface area contributed by atoms with Gasteiger partial charge in [-0.3, -0.25) is 10.1 Å². The highest BCUT2D eigenvalue weighted by atomic mass is 16.7. The summed E-state index contributed by atoms with van der Waals surface area (Å²) >= 11 is 0. The van der Waals surface area contributed by atoms with E-state index in [0.29, 0.717) is 17.9 Å². The van der Waals surface area contributed by atoms with Gasteiger partial charge >= 0.3 is 17.8 Å². The fraction of sp³-hybridized carbons (Fsp3) is 0.308. The first-order valence-corrected chi connectivity index (χ1v) is 11.5. The van der Waals surface area contributed by atoms with Crippen LogP contribution in [0.1, 0.15) is 66.4 Å². The van der Waals surface area contributed by atoms with Gasteiger partial charge in [0.1, 0.15) is 22.2 Å². The molecule has 9 heteroatoms. The van der Waals surface area contributed by atoms with Crippen LogP contribution >= 0.6 is 0 Å². The Hall–Kier alpha value is -4.14. The van der Waals surface area contributed by atoms with E-state index in [4.69, 9.17) is 18.6 Å². The Morgan fingerprint density at radius 1 is 0.771 bits per heavy atom. The number of esters is 2. The minimum atomic E-state index is -0.887. The molecule has 3 aromatic rings. The summed E-state index contributed by atoms with van der Waals surface area (Å²) in [5.41, 5.74) is 0.367. The molecular weight excluding hydrogens is 454 g/mol. The molecule has 0 saturated carbocycles. The zero-order valence-electron chi connectivity index (χ0n) is 19.4. The number of unbranched alkanes of at least 4 members (excludes halogenated alkanes) is 5. The van der Waals surface area contributed by atoms with Gasteiger partial charge in [-0.2, -0.15) is 0 Å². The maximum atomic E-state index is 12.4. The van der Waals surface area contributed by atoms with E-state index in [9.17, 15) is 19.7 Å². The molecule has 2 aromatic carbocycles. The Balaban J connectivity index is 1.44. The highest BCUT2D eigenvalue weighted by molar-refractivity contribution is 5.91. The molecule has 0 unspecified atom stereocenters. The summed E-state index contributed by atoms with van der Waals surface area (Å²) in [6.07, 6.45) is 7.14. The summed E-state index contributed by atoms with van der Waals surface area (Å²) in [6, 6.07) is 14.7.